The van der Waals surface area contributed by atoms with Crippen LogP contribution in [-0.4, -0.2) is 18.0 Å². The van der Waals surface area contributed by atoms with Crippen LogP contribution in [0.4, 0.5) is 4.39 Å². The Morgan fingerprint density at radius 3 is 2.57 bits per heavy atom. The molecule has 1 rings (SSSR count). The van der Waals surface area contributed by atoms with Crippen molar-refractivity contribution in [2.75, 3.05) is 7.05 Å². The molecular formula is C11H15ClFN. The van der Waals surface area contributed by atoms with Gasteiger partial charge in [0.25, 0.3) is 0 Å². The first kappa shape index (κ1) is 11.5. The van der Waals surface area contributed by atoms with Crippen LogP contribution < -0.4 is 0 Å². The zero-order chi connectivity index (χ0) is 10.7. The van der Waals surface area contributed by atoms with Gasteiger partial charge in [0.15, 0.2) is 0 Å². The third-order valence-electron chi connectivity index (χ3n) is 2.32. The molecule has 3 heteroatoms. The number of hydrogen-bond acceptors (Lipinski definition) is 1. The van der Waals surface area contributed by atoms with E-state index in [0.717, 1.165) is 12.1 Å². The zero-order valence-corrected chi connectivity index (χ0v) is 9.48. The van der Waals surface area contributed by atoms with E-state index in [4.69, 9.17) is 11.6 Å². The molecule has 0 saturated heterocycles. The highest BCUT2D eigenvalue weighted by Gasteiger charge is 2.07. The molecule has 0 radical (unpaired) electrons. The molecule has 0 saturated carbocycles. The molecule has 0 amide bonds. The van der Waals surface area contributed by atoms with Gasteiger partial charge in [-0.05, 0) is 38.6 Å². The largest absolute Gasteiger partial charge is 0.300 e. The summed E-state index contributed by atoms with van der Waals surface area (Å²) in [7, 11) is 2.02. The Kier molecular flexibility index (Phi) is 3.90. The van der Waals surface area contributed by atoms with Gasteiger partial charge in [-0.25, -0.2) is 4.39 Å². The summed E-state index contributed by atoms with van der Waals surface area (Å²) < 4.78 is 12.7. The molecule has 78 valence electrons. The predicted octanol–water partition coefficient (Wildman–Crippen LogP) is 3.32. The van der Waals surface area contributed by atoms with Crippen LogP contribution >= 0.6 is 11.6 Å². The lowest BCUT2D eigenvalue weighted by molar-refractivity contribution is 0.266. The molecule has 0 fully saturated rings. The molecule has 1 aromatic rings. The van der Waals surface area contributed by atoms with E-state index in [1.165, 1.54) is 12.1 Å². The smallest absolute Gasteiger partial charge is 0.124 e. The average molecular weight is 216 g/mol. The minimum absolute atomic E-state index is 0.286. The van der Waals surface area contributed by atoms with E-state index in [1.54, 1.807) is 6.07 Å². The maximum atomic E-state index is 12.7. The van der Waals surface area contributed by atoms with E-state index in [1.807, 2.05) is 7.05 Å². The molecule has 0 atom stereocenters. The first-order valence-electron chi connectivity index (χ1n) is 4.65. The molecule has 0 spiro atoms. The van der Waals surface area contributed by atoms with Gasteiger partial charge in [0, 0.05) is 17.6 Å². The highest BCUT2D eigenvalue weighted by atomic mass is 35.5. The van der Waals surface area contributed by atoms with E-state index in [-0.39, 0.29) is 5.82 Å². The van der Waals surface area contributed by atoms with Crippen LogP contribution in [0.25, 0.3) is 0 Å². The number of halogens is 2. The molecule has 0 aliphatic carbocycles. The number of hydrogen-bond donors (Lipinski definition) is 0. The maximum absolute atomic E-state index is 12.7. The van der Waals surface area contributed by atoms with E-state index in [9.17, 15) is 4.39 Å². The van der Waals surface area contributed by atoms with Crippen molar-refractivity contribution in [3.8, 4) is 0 Å². The van der Waals surface area contributed by atoms with Crippen LogP contribution in [0.3, 0.4) is 0 Å². The lowest BCUT2D eigenvalue weighted by Crippen LogP contribution is -2.25. The van der Waals surface area contributed by atoms with Crippen molar-refractivity contribution in [1.82, 2.24) is 4.90 Å². The van der Waals surface area contributed by atoms with Gasteiger partial charge in [0.05, 0.1) is 0 Å². The first-order chi connectivity index (χ1) is 6.50. The third-order valence-corrected chi connectivity index (χ3v) is 2.67. The zero-order valence-electron chi connectivity index (χ0n) is 8.72. The fourth-order valence-corrected chi connectivity index (χ4v) is 1.33. The average Bonchev–Trinajstić information content (AvgIpc) is 2.09. The van der Waals surface area contributed by atoms with Crippen molar-refractivity contribution < 1.29 is 4.39 Å². The molecule has 14 heavy (non-hydrogen) atoms. The Labute approximate surface area is 89.5 Å². The van der Waals surface area contributed by atoms with Gasteiger partial charge in [-0.15, -0.1) is 0 Å². The Balaban J connectivity index is 2.77. The summed E-state index contributed by atoms with van der Waals surface area (Å²) in [6, 6.07) is 4.98. The van der Waals surface area contributed by atoms with Crippen LogP contribution in [0.15, 0.2) is 18.2 Å². The summed E-state index contributed by atoms with van der Waals surface area (Å²) in [6.07, 6.45) is 0. The van der Waals surface area contributed by atoms with Crippen LogP contribution in [0.2, 0.25) is 5.02 Å². The second-order valence-corrected chi connectivity index (χ2v) is 4.15. The van der Waals surface area contributed by atoms with Crippen molar-refractivity contribution in [3.63, 3.8) is 0 Å². The van der Waals surface area contributed by atoms with Gasteiger partial charge in [-0.2, -0.15) is 0 Å². The van der Waals surface area contributed by atoms with E-state index < -0.39 is 0 Å². The summed E-state index contributed by atoms with van der Waals surface area (Å²) in [6.45, 7) is 4.96. The molecule has 0 unspecified atom stereocenters. The maximum Gasteiger partial charge on any atom is 0.124 e. The molecule has 0 aliphatic heterocycles. The van der Waals surface area contributed by atoms with E-state index in [2.05, 4.69) is 18.7 Å². The van der Waals surface area contributed by atoms with Gasteiger partial charge in [-0.1, -0.05) is 17.7 Å². The summed E-state index contributed by atoms with van der Waals surface area (Å²) in [4.78, 5) is 2.15. The monoisotopic (exact) mass is 215 g/mol. The van der Waals surface area contributed by atoms with Crippen molar-refractivity contribution in [2.45, 2.75) is 26.4 Å². The SMILES string of the molecule is CC(C)N(C)Cc1ccc(F)cc1Cl. The minimum Gasteiger partial charge on any atom is -0.300 e. The van der Waals surface area contributed by atoms with Gasteiger partial charge in [0.1, 0.15) is 5.82 Å². The molecule has 0 heterocycles. The normalized spacial score (nSPS) is 11.4. The highest BCUT2D eigenvalue weighted by Crippen LogP contribution is 2.19. The van der Waals surface area contributed by atoms with Gasteiger partial charge < -0.3 is 0 Å². The number of benzene rings is 1. The van der Waals surface area contributed by atoms with Gasteiger partial charge >= 0.3 is 0 Å². The Hall–Kier alpha value is -0.600. The summed E-state index contributed by atoms with van der Waals surface area (Å²) in [5.74, 6) is -0.286. The molecule has 0 aromatic heterocycles. The highest BCUT2D eigenvalue weighted by molar-refractivity contribution is 6.31. The molecule has 0 aliphatic rings. The van der Waals surface area contributed by atoms with Crippen molar-refractivity contribution >= 4 is 11.6 Å². The Bertz CT molecular complexity index is 312. The summed E-state index contributed by atoms with van der Waals surface area (Å²) >= 11 is 5.91. The van der Waals surface area contributed by atoms with Crippen LogP contribution in [0.1, 0.15) is 19.4 Å². The van der Waals surface area contributed by atoms with Crippen LogP contribution in [0, 0.1) is 5.82 Å². The predicted molar refractivity (Wildman–Crippen MR) is 58.0 cm³/mol. The molecule has 0 N–H and O–H groups in total. The Morgan fingerprint density at radius 2 is 2.07 bits per heavy atom. The molecular weight excluding hydrogens is 201 g/mol. The minimum atomic E-state index is -0.286. The second kappa shape index (κ2) is 4.76. The molecule has 1 nitrogen and oxygen atoms in total. The van der Waals surface area contributed by atoms with Crippen molar-refractivity contribution in [1.29, 1.82) is 0 Å². The standard InChI is InChI=1S/C11H15ClFN/c1-8(2)14(3)7-9-4-5-10(13)6-11(9)12/h4-6,8H,7H2,1-3H3. The topological polar surface area (TPSA) is 3.24 Å². The third kappa shape index (κ3) is 2.96. The van der Waals surface area contributed by atoms with Gasteiger partial charge in [0.2, 0.25) is 0 Å². The second-order valence-electron chi connectivity index (χ2n) is 3.74. The van der Waals surface area contributed by atoms with E-state index >= 15 is 0 Å². The number of nitrogens with zero attached hydrogens (tertiary/aromatic N) is 1. The van der Waals surface area contributed by atoms with Gasteiger partial charge in [-0.3, -0.25) is 4.90 Å². The Morgan fingerprint density at radius 1 is 1.43 bits per heavy atom. The number of rotatable bonds is 3. The van der Waals surface area contributed by atoms with Crippen molar-refractivity contribution in [2.24, 2.45) is 0 Å². The fraction of sp³-hybridized carbons (Fsp3) is 0.455. The van der Waals surface area contributed by atoms with E-state index in [0.29, 0.717) is 11.1 Å². The lowest BCUT2D eigenvalue weighted by Gasteiger charge is -2.21. The molecule has 0 bridgehead atoms. The summed E-state index contributed by atoms with van der Waals surface area (Å²) in [5.41, 5.74) is 0.962. The lowest BCUT2D eigenvalue weighted by atomic mass is 10.2. The summed E-state index contributed by atoms with van der Waals surface area (Å²) in [5, 5.41) is 0.498. The van der Waals surface area contributed by atoms with Crippen LogP contribution in [0.5, 0.6) is 0 Å². The molecule has 1 aromatic carbocycles. The fourth-order valence-electron chi connectivity index (χ4n) is 1.10. The van der Waals surface area contributed by atoms with Crippen molar-refractivity contribution in [3.05, 3.63) is 34.6 Å². The first-order valence-corrected chi connectivity index (χ1v) is 5.02. The quantitative estimate of drug-likeness (QED) is 0.748. The van der Waals surface area contributed by atoms with Crippen LogP contribution in [-0.2, 0) is 6.54 Å².